The Labute approximate surface area is 195 Å². The highest BCUT2D eigenvalue weighted by Gasteiger charge is 2.39. The highest BCUT2D eigenvalue weighted by Crippen LogP contribution is 2.30. The Bertz CT molecular complexity index is 1350. The number of hydrogen-bond donors (Lipinski definition) is 3. The van der Waals surface area contributed by atoms with Crippen LogP contribution in [0.2, 0.25) is 0 Å². The van der Waals surface area contributed by atoms with E-state index in [0.717, 1.165) is 19.3 Å². The van der Waals surface area contributed by atoms with E-state index in [1.807, 2.05) is 18.2 Å². The average Bonchev–Trinajstić information content (AvgIpc) is 3.37. The number of hydrogen-bond acceptors (Lipinski definition) is 4. The van der Waals surface area contributed by atoms with Gasteiger partial charge in [0.1, 0.15) is 17.4 Å². The van der Waals surface area contributed by atoms with Crippen LogP contribution < -0.4 is 16.0 Å². The lowest BCUT2D eigenvalue weighted by atomic mass is 9.95. The molecule has 0 radical (unpaired) electrons. The molecule has 1 aliphatic heterocycles. The predicted octanol–water partition coefficient (Wildman–Crippen LogP) is 4.47. The zero-order chi connectivity index (χ0) is 23.7. The van der Waals surface area contributed by atoms with Crippen LogP contribution in [-0.2, 0) is 22.4 Å². The normalized spacial score (nSPS) is 18.0. The molecule has 0 aromatic heterocycles. The maximum atomic E-state index is 13.3. The molecule has 0 saturated carbocycles. The van der Waals surface area contributed by atoms with Crippen molar-refractivity contribution in [2.75, 3.05) is 10.6 Å². The van der Waals surface area contributed by atoms with Crippen molar-refractivity contribution >= 4 is 40.6 Å². The Morgan fingerprint density at radius 1 is 0.912 bits per heavy atom. The number of carbonyl (C=O) groups is 3. The van der Waals surface area contributed by atoms with Crippen molar-refractivity contribution in [3.05, 3.63) is 89.2 Å². The average molecular weight is 456 g/mol. The number of fused-ring (bicyclic) bond motifs is 1. The van der Waals surface area contributed by atoms with Gasteiger partial charge in [0.2, 0.25) is 5.91 Å². The summed E-state index contributed by atoms with van der Waals surface area (Å²) in [6.07, 6.45) is 3.12. The Hall–Kier alpha value is -4.33. The molecule has 1 aliphatic carbocycles. The molecule has 1 atom stereocenters. The van der Waals surface area contributed by atoms with Crippen LogP contribution in [-0.4, -0.2) is 23.6 Å². The van der Waals surface area contributed by atoms with Crippen molar-refractivity contribution in [3.63, 3.8) is 0 Å². The van der Waals surface area contributed by atoms with Crippen molar-refractivity contribution < 1.29 is 18.8 Å². The van der Waals surface area contributed by atoms with Gasteiger partial charge in [-0.1, -0.05) is 24.3 Å². The maximum Gasteiger partial charge on any atom is 0.323 e. The first-order valence-electron chi connectivity index (χ1n) is 11.0. The van der Waals surface area contributed by atoms with Crippen LogP contribution in [0.25, 0.3) is 0 Å². The van der Waals surface area contributed by atoms with E-state index in [2.05, 4.69) is 20.9 Å². The molecular formula is C26H21FN4O3. The zero-order valence-electron chi connectivity index (χ0n) is 18.1. The van der Waals surface area contributed by atoms with Gasteiger partial charge in [-0.25, -0.2) is 14.2 Å². The first-order valence-corrected chi connectivity index (χ1v) is 11.0. The molecule has 5 rings (SSSR count). The van der Waals surface area contributed by atoms with Crippen LogP contribution in [0.1, 0.15) is 29.0 Å². The smallest absolute Gasteiger partial charge is 0.308 e. The summed E-state index contributed by atoms with van der Waals surface area (Å²) in [5, 5.41) is 7.56. The quantitative estimate of drug-likeness (QED) is 0.505. The molecule has 3 aromatic rings. The van der Waals surface area contributed by atoms with Crippen molar-refractivity contribution in [3.8, 4) is 0 Å². The largest absolute Gasteiger partial charge is 0.323 e. The molecule has 1 fully saturated rings. The first kappa shape index (κ1) is 21.5. The second-order valence-corrected chi connectivity index (χ2v) is 8.27. The lowest BCUT2D eigenvalue weighted by Gasteiger charge is -2.12. The molecule has 3 aromatic carbocycles. The number of rotatable bonds is 4. The van der Waals surface area contributed by atoms with Crippen molar-refractivity contribution in [1.82, 2.24) is 5.32 Å². The van der Waals surface area contributed by atoms with Crippen LogP contribution >= 0.6 is 0 Å². The van der Waals surface area contributed by atoms with Gasteiger partial charge in [-0.15, -0.1) is 0 Å². The third-order valence-electron chi connectivity index (χ3n) is 5.90. The molecule has 1 heterocycles. The summed E-state index contributed by atoms with van der Waals surface area (Å²) < 4.78 is 13.3. The number of amides is 4. The van der Waals surface area contributed by atoms with Crippen molar-refractivity contribution in [1.29, 1.82) is 0 Å². The highest BCUT2D eigenvalue weighted by molar-refractivity contribution is 6.52. The van der Waals surface area contributed by atoms with E-state index < -0.39 is 29.6 Å². The van der Waals surface area contributed by atoms with Gasteiger partial charge in [-0.3, -0.25) is 14.9 Å². The molecule has 0 bridgehead atoms. The van der Waals surface area contributed by atoms with Gasteiger partial charge >= 0.3 is 6.03 Å². The molecule has 1 unspecified atom stereocenters. The van der Waals surface area contributed by atoms with Gasteiger partial charge in [-0.05, 0) is 78.4 Å². The second kappa shape index (κ2) is 8.90. The molecule has 170 valence electrons. The van der Waals surface area contributed by atoms with E-state index in [0.29, 0.717) is 22.6 Å². The standard InChI is InChI=1S/C26H21FN4O3/c27-18-7-3-9-20(14-18)30-26(34)29-19-8-2-6-17(13-19)22-23(25(33)31-24(22)32)28-21-11-10-15-4-1-5-16(15)12-21/h2-3,6-14,22H,1,4-5H2,(H2,29,30,34)(H,31,32,33). The molecule has 1 saturated heterocycles. The Kier molecular flexibility index (Phi) is 5.63. The highest BCUT2D eigenvalue weighted by atomic mass is 19.1. The third kappa shape index (κ3) is 4.43. The van der Waals surface area contributed by atoms with Crippen LogP contribution in [0.5, 0.6) is 0 Å². The summed E-state index contributed by atoms with van der Waals surface area (Å²) in [5.41, 5.74) is 4.50. The Morgan fingerprint density at radius 3 is 2.44 bits per heavy atom. The number of urea groups is 1. The minimum absolute atomic E-state index is 0.115. The maximum absolute atomic E-state index is 13.3. The molecule has 7 nitrogen and oxygen atoms in total. The van der Waals surface area contributed by atoms with Gasteiger partial charge < -0.3 is 10.6 Å². The molecule has 0 spiro atoms. The fraction of sp³-hybridized carbons (Fsp3) is 0.154. The van der Waals surface area contributed by atoms with Crippen molar-refractivity contribution in [2.45, 2.75) is 25.2 Å². The Morgan fingerprint density at radius 2 is 1.65 bits per heavy atom. The van der Waals surface area contributed by atoms with E-state index in [1.165, 1.54) is 29.3 Å². The van der Waals surface area contributed by atoms with Gasteiger partial charge in [0.05, 0.1) is 5.69 Å². The van der Waals surface area contributed by atoms with E-state index in [-0.39, 0.29) is 5.71 Å². The molecule has 34 heavy (non-hydrogen) atoms. The van der Waals surface area contributed by atoms with E-state index in [1.54, 1.807) is 30.3 Å². The number of nitrogens with zero attached hydrogens (tertiary/aromatic N) is 1. The Balaban J connectivity index is 1.38. The van der Waals surface area contributed by atoms with Crippen LogP contribution in [0.15, 0.2) is 71.7 Å². The topological polar surface area (TPSA) is 99.7 Å². The lowest BCUT2D eigenvalue weighted by Crippen LogP contribution is -2.22. The fourth-order valence-corrected chi connectivity index (χ4v) is 4.35. The van der Waals surface area contributed by atoms with Crippen LogP contribution in [0.3, 0.4) is 0 Å². The van der Waals surface area contributed by atoms with Gasteiger partial charge in [-0.2, -0.15) is 0 Å². The van der Waals surface area contributed by atoms with Crippen molar-refractivity contribution in [2.24, 2.45) is 4.99 Å². The molecule has 3 N–H and O–H groups in total. The number of aryl methyl sites for hydroxylation is 2. The molecule has 8 heteroatoms. The summed E-state index contributed by atoms with van der Waals surface area (Å²) in [6.45, 7) is 0. The van der Waals surface area contributed by atoms with Gasteiger partial charge in [0.15, 0.2) is 0 Å². The number of nitrogens with one attached hydrogen (secondary N) is 3. The van der Waals surface area contributed by atoms with Crippen LogP contribution in [0, 0.1) is 5.82 Å². The number of halogens is 1. The number of benzene rings is 3. The third-order valence-corrected chi connectivity index (χ3v) is 5.90. The molecular weight excluding hydrogens is 435 g/mol. The SMILES string of the molecule is O=C(Nc1cccc(F)c1)Nc1cccc(C2C(=O)NC(=O)C2=Nc2ccc3c(c2)CCC3)c1. The minimum atomic E-state index is -0.895. The summed E-state index contributed by atoms with van der Waals surface area (Å²) in [5.74, 6) is -2.36. The number of anilines is 2. The van der Waals surface area contributed by atoms with E-state index in [4.69, 9.17) is 0 Å². The summed E-state index contributed by atoms with van der Waals surface area (Å²) in [7, 11) is 0. The zero-order valence-corrected chi connectivity index (χ0v) is 18.1. The molecule has 2 aliphatic rings. The molecule has 4 amide bonds. The summed E-state index contributed by atoms with van der Waals surface area (Å²) in [6, 6.07) is 17.5. The predicted molar refractivity (Wildman–Crippen MR) is 127 cm³/mol. The minimum Gasteiger partial charge on any atom is -0.308 e. The number of imide groups is 1. The summed E-state index contributed by atoms with van der Waals surface area (Å²) in [4.78, 5) is 42.0. The van der Waals surface area contributed by atoms with Gasteiger partial charge in [0.25, 0.3) is 5.91 Å². The summed E-state index contributed by atoms with van der Waals surface area (Å²) >= 11 is 0. The van der Waals surface area contributed by atoms with E-state index in [9.17, 15) is 18.8 Å². The van der Waals surface area contributed by atoms with Crippen LogP contribution in [0.4, 0.5) is 26.2 Å². The second-order valence-electron chi connectivity index (χ2n) is 8.27. The van der Waals surface area contributed by atoms with Gasteiger partial charge in [0, 0.05) is 11.4 Å². The number of aliphatic imine (C=N–C) groups is 1. The monoisotopic (exact) mass is 456 g/mol. The van der Waals surface area contributed by atoms with E-state index >= 15 is 0 Å². The first-order chi connectivity index (χ1) is 16.5. The lowest BCUT2D eigenvalue weighted by molar-refractivity contribution is -0.124. The fourth-order valence-electron chi connectivity index (χ4n) is 4.35. The number of carbonyl (C=O) groups excluding carboxylic acids is 3.